The number of fused-ring (bicyclic) bond motifs is 3. The third-order valence-corrected chi connectivity index (χ3v) is 6.32. The van der Waals surface area contributed by atoms with Gasteiger partial charge in [-0.2, -0.15) is 13.2 Å². The molecular formula is C19H18ClF3N6. The molecule has 29 heavy (non-hydrogen) atoms. The van der Waals surface area contributed by atoms with Gasteiger partial charge in [-0.05, 0) is 31.4 Å². The molecule has 0 unspecified atom stereocenters. The Morgan fingerprint density at radius 2 is 1.90 bits per heavy atom. The molecular weight excluding hydrogens is 405 g/mol. The van der Waals surface area contributed by atoms with Crippen LogP contribution in [0.2, 0.25) is 5.02 Å². The molecule has 0 amide bonds. The summed E-state index contributed by atoms with van der Waals surface area (Å²) in [6.07, 6.45) is 0.419. The van der Waals surface area contributed by atoms with Gasteiger partial charge in [-0.3, -0.25) is 0 Å². The zero-order valence-corrected chi connectivity index (χ0v) is 16.1. The molecule has 3 aromatic rings. The fourth-order valence-electron chi connectivity index (χ4n) is 4.33. The van der Waals surface area contributed by atoms with Crippen molar-refractivity contribution in [3.63, 3.8) is 0 Å². The highest BCUT2D eigenvalue weighted by molar-refractivity contribution is 6.33. The maximum Gasteiger partial charge on any atom is 0.401 e. The van der Waals surface area contributed by atoms with Gasteiger partial charge < -0.3 is 14.9 Å². The predicted octanol–water partition coefficient (Wildman–Crippen LogP) is 4.43. The van der Waals surface area contributed by atoms with Gasteiger partial charge in [0.05, 0.1) is 10.7 Å². The van der Waals surface area contributed by atoms with Gasteiger partial charge in [0.15, 0.2) is 5.82 Å². The monoisotopic (exact) mass is 422 g/mol. The molecule has 1 saturated carbocycles. The Labute approximate surface area is 169 Å². The van der Waals surface area contributed by atoms with Gasteiger partial charge in [0.25, 0.3) is 0 Å². The number of nitrogen functional groups attached to an aromatic ring is 1. The first-order chi connectivity index (χ1) is 13.8. The minimum absolute atomic E-state index is 0.0358. The van der Waals surface area contributed by atoms with Crippen LogP contribution in [0.4, 0.5) is 19.0 Å². The molecule has 10 heteroatoms. The van der Waals surface area contributed by atoms with Crippen molar-refractivity contribution in [1.29, 1.82) is 0 Å². The lowest BCUT2D eigenvalue weighted by atomic mass is 9.67. The number of hydrogen-bond donors (Lipinski definition) is 1. The van der Waals surface area contributed by atoms with Gasteiger partial charge in [-0.1, -0.05) is 18.0 Å². The van der Waals surface area contributed by atoms with E-state index in [0.717, 1.165) is 16.8 Å². The second kappa shape index (κ2) is 6.22. The molecule has 2 aliphatic rings. The molecule has 1 aliphatic heterocycles. The first-order valence-electron chi connectivity index (χ1n) is 9.42. The smallest absolute Gasteiger partial charge is 0.384 e. The summed E-state index contributed by atoms with van der Waals surface area (Å²) in [4.78, 5) is 3.97. The summed E-state index contributed by atoms with van der Waals surface area (Å²) in [6, 6.07) is 3.55. The molecule has 1 fully saturated rings. The van der Waals surface area contributed by atoms with E-state index in [4.69, 9.17) is 17.3 Å². The molecule has 0 spiro atoms. The van der Waals surface area contributed by atoms with E-state index < -0.39 is 11.6 Å². The lowest BCUT2D eigenvalue weighted by Crippen LogP contribution is -2.49. The Bertz CT molecular complexity index is 1100. The maximum absolute atomic E-state index is 13.9. The number of halogens is 4. The first kappa shape index (κ1) is 18.5. The molecule has 0 aromatic carbocycles. The molecule has 4 heterocycles. The fraction of sp³-hybridized carbons (Fsp3) is 0.421. The summed E-state index contributed by atoms with van der Waals surface area (Å²) in [7, 11) is 0. The third kappa shape index (κ3) is 2.67. The van der Waals surface area contributed by atoms with Gasteiger partial charge in [-0.15, -0.1) is 10.2 Å². The van der Waals surface area contributed by atoms with E-state index in [1.807, 2.05) is 16.8 Å². The minimum atomic E-state index is -4.34. The van der Waals surface area contributed by atoms with Crippen molar-refractivity contribution in [2.24, 2.45) is 0 Å². The standard InChI is InChI=1S/C19H18ClF3N6/c20-13-9-25-15(24)8-12(13)11-7-14-16-26-27-17(18(3-1-4-18)19(21,22)23)29(16)6-2-5-28(14)10-11/h7-10H,1-6H2,(H2,24,25). The number of hydrogen-bond acceptors (Lipinski definition) is 4. The largest absolute Gasteiger partial charge is 0.401 e. The predicted molar refractivity (Wildman–Crippen MR) is 102 cm³/mol. The average Bonchev–Trinajstić information content (AvgIpc) is 3.16. The number of nitrogens with two attached hydrogens (primary N) is 1. The summed E-state index contributed by atoms with van der Waals surface area (Å²) < 4.78 is 45.3. The van der Waals surface area contributed by atoms with E-state index in [1.54, 1.807) is 10.6 Å². The molecule has 3 aromatic heterocycles. The van der Waals surface area contributed by atoms with Gasteiger partial charge in [0, 0.05) is 36.6 Å². The second-order valence-corrected chi connectivity index (χ2v) is 8.09. The van der Waals surface area contributed by atoms with Crippen LogP contribution < -0.4 is 5.73 Å². The Morgan fingerprint density at radius 3 is 2.59 bits per heavy atom. The highest BCUT2D eigenvalue weighted by Crippen LogP contribution is 2.54. The van der Waals surface area contributed by atoms with Gasteiger partial charge in [-0.25, -0.2) is 4.98 Å². The minimum Gasteiger partial charge on any atom is -0.384 e. The Morgan fingerprint density at radius 1 is 1.10 bits per heavy atom. The summed E-state index contributed by atoms with van der Waals surface area (Å²) in [5, 5.41) is 8.68. The molecule has 1 aliphatic carbocycles. The molecule has 6 nitrogen and oxygen atoms in total. The van der Waals surface area contributed by atoms with Crippen molar-refractivity contribution >= 4 is 17.4 Å². The van der Waals surface area contributed by atoms with Crippen molar-refractivity contribution in [1.82, 2.24) is 24.3 Å². The van der Waals surface area contributed by atoms with Crippen molar-refractivity contribution in [2.45, 2.75) is 50.4 Å². The summed E-state index contributed by atoms with van der Waals surface area (Å²) >= 11 is 6.28. The van der Waals surface area contributed by atoms with E-state index in [0.29, 0.717) is 42.6 Å². The van der Waals surface area contributed by atoms with E-state index in [2.05, 4.69) is 15.2 Å². The second-order valence-electron chi connectivity index (χ2n) is 7.68. The number of nitrogens with zero attached hydrogens (tertiary/aromatic N) is 5. The lowest BCUT2D eigenvalue weighted by molar-refractivity contribution is -0.216. The Kier molecular flexibility index (Phi) is 3.96. The highest BCUT2D eigenvalue weighted by atomic mass is 35.5. The normalized spacial score (nSPS) is 17.9. The Hall–Kier alpha value is -2.55. The van der Waals surface area contributed by atoms with Crippen molar-refractivity contribution < 1.29 is 13.2 Å². The number of rotatable bonds is 2. The van der Waals surface area contributed by atoms with E-state index in [1.165, 1.54) is 6.20 Å². The number of pyridine rings is 1. The van der Waals surface area contributed by atoms with Crippen LogP contribution in [0.25, 0.3) is 22.6 Å². The highest BCUT2D eigenvalue weighted by Gasteiger charge is 2.62. The van der Waals surface area contributed by atoms with Crippen LogP contribution in [0.5, 0.6) is 0 Å². The van der Waals surface area contributed by atoms with Gasteiger partial charge >= 0.3 is 6.18 Å². The third-order valence-electron chi connectivity index (χ3n) is 6.02. The fourth-order valence-corrected chi connectivity index (χ4v) is 4.54. The number of alkyl halides is 3. The molecule has 0 radical (unpaired) electrons. The summed E-state index contributed by atoms with van der Waals surface area (Å²) in [5.41, 5.74) is 6.16. The summed E-state index contributed by atoms with van der Waals surface area (Å²) in [5.74, 6) is 0.833. The van der Waals surface area contributed by atoms with Gasteiger partial charge in [0.2, 0.25) is 0 Å². The SMILES string of the molecule is Nc1cc(-c2cc3n(c2)CCCn2c-3nnc2C2(C(F)(F)F)CCC2)c(Cl)cn1. The van der Waals surface area contributed by atoms with E-state index >= 15 is 0 Å². The molecule has 152 valence electrons. The zero-order valence-electron chi connectivity index (χ0n) is 15.4. The van der Waals surface area contributed by atoms with Crippen LogP contribution in [0.15, 0.2) is 24.5 Å². The van der Waals surface area contributed by atoms with Crippen LogP contribution in [0.3, 0.4) is 0 Å². The molecule has 5 rings (SSSR count). The number of aromatic nitrogens is 5. The van der Waals surface area contributed by atoms with E-state index in [-0.39, 0.29) is 18.7 Å². The Balaban J connectivity index is 1.64. The van der Waals surface area contributed by atoms with E-state index in [9.17, 15) is 13.2 Å². The first-order valence-corrected chi connectivity index (χ1v) is 9.80. The lowest BCUT2D eigenvalue weighted by Gasteiger charge is -2.42. The van der Waals surface area contributed by atoms with Crippen LogP contribution in [-0.4, -0.2) is 30.5 Å². The van der Waals surface area contributed by atoms with Crippen LogP contribution in [0.1, 0.15) is 31.5 Å². The van der Waals surface area contributed by atoms with Crippen molar-refractivity contribution in [3.05, 3.63) is 35.4 Å². The zero-order chi connectivity index (χ0) is 20.4. The number of anilines is 1. The number of aryl methyl sites for hydroxylation is 1. The molecule has 0 bridgehead atoms. The van der Waals surface area contributed by atoms with Crippen molar-refractivity contribution in [3.8, 4) is 22.6 Å². The summed E-state index contributed by atoms with van der Waals surface area (Å²) in [6.45, 7) is 1.12. The molecule has 0 atom stereocenters. The maximum atomic E-state index is 13.9. The van der Waals surface area contributed by atoms with Crippen molar-refractivity contribution in [2.75, 3.05) is 5.73 Å². The topological polar surface area (TPSA) is 74.5 Å². The molecule has 2 N–H and O–H groups in total. The quantitative estimate of drug-likeness (QED) is 0.662. The van der Waals surface area contributed by atoms with Gasteiger partial charge in [0.1, 0.15) is 17.1 Å². The molecule has 0 saturated heterocycles. The average molecular weight is 423 g/mol. The van der Waals surface area contributed by atoms with Crippen LogP contribution >= 0.6 is 11.6 Å². The van der Waals surface area contributed by atoms with Crippen LogP contribution in [-0.2, 0) is 18.5 Å². The van der Waals surface area contributed by atoms with Crippen LogP contribution in [0, 0.1) is 0 Å².